The molecule has 0 saturated heterocycles. The Balaban J connectivity index is 1.82. The van der Waals surface area contributed by atoms with Crippen molar-refractivity contribution in [1.82, 2.24) is 24.7 Å². The molecule has 0 aliphatic heterocycles. The average Bonchev–Trinajstić information content (AvgIpc) is 3.12. The lowest BCUT2D eigenvalue weighted by molar-refractivity contribution is 0.100. The minimum absolute atomic E-state index is 0.237. The van der Waals surface area contributed by atoms with Crippen LogP contribution in [0.25, 0.3) is 22.4 Å². The van der Waals surface area contributed by atoms with Crippen molar-refractivity contribution in [2.75, 3.05) is 12.4 Å². The molecule has 3 aromatic heterocycles. The number of allylic oxidation sites excluding steroid dienone is 1. The molecule has 4 rings (SSSR count). The van der Waals surface area contributed by atoms with E-state index >= 15 is 0 Å². The molecule has 1 amide bonds. The number of anilines is 2. The predicted octanol–water partition coefficient (Wildman–Crippen LogP) is 3.32. The van der Waals surface area contributed by atoms with E-state index in [4.69, 9.17) is 15.6 Å². The molecule has 3 heterocycles. The summed E-state index contributed by atoms with van der Waals surface area (Å²) in [6.07, 6.45) is 4.50. The van der Waals surface area contributed by atoms with Gasteiger partial charge in [-0.15, -0.1) is 0 Å². The van der Waals surface area contributed by atoms with Crippen molar-refractivity contribution in [2.45, 2.75) is 13.5 Å². The number of nitrogens with zero attached hydrogens (tertiary/aromatic N) is 5. The van der Waals surface area contributed by atoms with Crippen LogP contribution in [0.3, 0.4) is 0 Å². The number of nitrogens with two attached hydrogens (primary N) is 1. The van der Waals surface area contributed by atoms with Crippen molar-refractivity contribution in [3.05, 3.63) is 66.6 Å². The van der Waals surface area contributed by atoms with Gasteiger partial charge in [0.15, 0.2) is 17.4 Å². The number of hydrogen-bond acceptors (Lipinski definition) is 7. The molecule has 0 spiro atoms. The molecule has 0 radical (unpaired) electrons. The highest BCUT2D eigenvalue weighted by Crippen LogP contribution is 2.31. The number of fused-ring (bicyclic) bond motifs is 1. The van der Waals surface area contributed by atoms with Gasteiger partial charge in [-0.25, -0.2) is 9.97 Å². The molecule has 0 unspecified atom stereocenters. The summed E-state index contributed by atoms with van der Waals surface area (Å²) in [6, 6.07) is 9.50. The number of hydrogen-bond donors (Lipinski definition) is 2. The van der Waals surface area contributed by atoms with Crippen LogP contribution in [0.4, 0.5) is 11.5 Å². The average molecular weight is 415 g/mol. The Kier molecular flexibility index (Phi) is 5.31. The smallest absolute Gasteiger partial charge is 0.252 e. The Morgan fingerprint density at radius 2 is 2.06 bits per heavy atom. The molecule has 0 aliphatic carbocycles. The van der Waals surface area contributed by atoms with Crippen LogP contribution >= 0.6 is 0 Å². The molecule has 0 saturated carbocycles. The van der Waals surface area contributed by atoms with Gasteiger partial charge in [-0.3, -0.25) is 14.5 Å². The molecule has 9 heteroatoms. The summed E-state index contributed by atoms with van der Waals surface area (Å²) in [5.74, 6) is 0.587. The van der Waals surface area contributed by atoms with Gasteiger partial charge in [0, 0.05) is 17.8 Å². The first-order valence-corrected chi connectivity index (χ1v) is 9.50. The van der Waals surface area contributed by atoms with E-state index in [1.165, 1.54) is 13.3 Å². The van der Waals surface area contributed by atoms with Gasteiger partial charge in [-0.1, -0.05) is 30.4 Å². The van der Waals surface area contributed by atoms with Crippen LogP contribution in [-0.2, 0) is 6.54 Å². The number of benzene rings is 1. The van der Waals surface area contributed by atoms with Gasteiger partial charge in [-0.2, -0.15) is 5.10 Å². The maximum atomic E-state index is 11.8. The quantitative estimate of drug-likeness (QED) is 0.444. The first kappa shape index (κ1) is 20.0. The summed E-state index contributed by atoms with van der Waals surface area (Å²) < 4.78 is 7.27. The van der Waals surface area contributed by atoms with Crippen molar-refractivity contribution < 1.29 is 9.53 Å². The van der Waals surface area contributed by atoms with E-state index in [1.807, 2.05) is 35.9 Å². The van der Waals surface area contributed by atoms with Crippen LogP contribution in [0.15, 0.2) is 61.1 Å². The predicted molar refractivity (Wildman–Crippen MR) is 118 cm³/mol. The number of carbonyl (C=O) groups excluding carboxylic acids is 1. The zero-order valence-electron chi connectivity index (χ0n) is 17.2. The first-order valence-electron chi connectivity index (χ1n) is 9.50. The summed E-state index contributed by atoms with van der Waals surface area (Å²) >= 11 is 0. The first-order chi connectivity index (χ1) is 15.0. The zero-order chi connectivity index (χ0) is 22.0. The third-order valence-corrected chi connectivity index (χ3v) is 4.60. The van der Waals surface area contributed by atoms with Crippen LogP contribution in [0.5, 0.6) is 5.75 Å². The topological polar surface area (TPSA) is 121 Å². The Hall–Kier alpha value is -4.27. The number of ether oxygens (including phenoxy) is 1. The number of primary amides is 1. The fourth-order valence-corrected chi connectivity index (χ4v) is 3.22. The third kappa shape index (κ3) is 3.93. The lowest BCUT2D eigenvalue weighted by Crippen LogP contribution is -2.14. The van der Waals surface area contributed by atoms with E-state index in [1.54, 1.807) is 18.5 Å². The van der Waals surface area contributed by atoms with Gasteiger partial charge < -0.3 is 15.8 Å². The molecule has 0 fully saturated rings. The van der Waals surface area contributed by atoms with Crippen molar-refractivity contribution in [3.8, 4) is 17.3 Å². The van der Waals surface area contributed by atoms with Crippen molar-refractivity contribution in [2.24, 2.45) is 5.73 Å². The second-order valence-electron chi connectivity index (χ2n) is 7.00. The van der Waals surface area contributed by atoms with Gasteiger partial charge in [0.25, 0.3) is 5.91 Å². The van der Waals surface area contributed by atoms with Gasteiger partial charge in [-0.05, 0) is 19.1 Å². The van der Waals surface area contributed by atoms with Crippen molar-refractivity contribution >= 4 is 28.3 Å². The van der Waals surface area contributed by atoms with E-state index in [-0.39, 0.29) is 5.56 Å². The molecule has 1 aromatic carbocycles. The Morgan fingerprint density at radius 1 is 1.26 bits per heavy atom. The number of rotatable bonds is 7. The molecule has 0 atom stereocenters. The third-order valence-electron chi connectivity index (χ3n) is 4.60. The van der Waals surface area contributed by atoms with Gasteiger partial charge >= 0.3 is 0 Å². The number of amides is 1. The lowest BCUT2D eigenvalue weighted by atomic mass is 10.2. The maximum Gasteiger partial charge on any atom is 0.252 e. The summed E-state index contributed by atoms with van der Waals surface area (Å²) in [6.45, 7) is 6.52. The lowest BCUT2D eigenvalue weighted by Gasteiger charge is -2.12. The fraction of sp³-hybridized carbons (Fsp3) is 0.136. The number of methoxy groups -OCH3 is 1. The molecule has 31 heavy (non-hydrogen) atoms. The molecule has 3 N–H and O–H groups in total. The Labute approximate surface area is 178 Å². The highest BCUT2D eigenvalue weighted by atomic mass is 16.5. The number of nitrogens with one attached hydrogen (secondary N) is 1. The molecule has 0 aliphatic rings. The van der Waals surface area contributed by atoms with E-state index < -0.39 is 5.91 Å². The zero-order valence-corrected chi connectivity index (χ0v) is 17.2. The van der Waals surface area contributed by atoms with Gasteiger partial charge in [0.2, 0.25) is 0 Å². The minimum atomic E-state index is -0.603. The van der Waals surface area contributed by atoms with E-state index in [0.29, 0.717) is 35.3 Å². The highest BCUT2D eigenvalue weighted by Gasteiger charge is 2.18. The fourth-order valence-electron chi connectivity index (χ4n) is 3.22. The largest absolute Gasteiger partial charge is 0.491 e. The highest BCUT2D eigenvalue weighted by molar-refractivity contribution is 5.99. The van der Waals surface area contributed by atoms with Crippen LogP contribution in [-0.4, -0.2) is 37.7 Å². The molecule has 156 valence electrons. The normalized spacial score (nSPS) is 10.8. The van der Waals surface area contributed by atoms with Crippen molar-refractivity contribution in [3.63, 3.8) is 0 Å². The van der Waals surface area contributed by atoms with Crippen LogP contribution in [0.2, 0.25) is 0 Å². The summed E-state index contributed by atoms with van der Waals surface area (Å²) in [7, 11) is 1.52. The summed E-state index contributed by atoms with van der Waals surface area (Å²) in [4.78, 5) is 24.8. The number of pyridine rings is 1. The van der Waals surface area contributed by atoms with Crippen LogP contribution < -0.4 is 15.8 Å². The molecule has 4 aromatic rings. The second-order valence-corrected chi connectivity index (χ2v) is 7.00. The molecular weight excluding hydrogens is 394 g/mol. The summed E-state index contributed by atoms with van der Waals surface area (Å²) in [5, 5.41) is 8.75. The molecule has 0 bridgehead atoms. The van der Waals surface area contributed by atoms with Gasteiger partial charge in [0.05, 0.1) is 36.6 Å². The Morgan fingerprint density at radius 3 is 2.81 bits per heavy atom. The molecule has 9 nitrogen and oxygen atoms in total. The monoisotopic (exact) mass is 415 g/mol. The SMILES string of the molecule is C=C(C)Cn1nc(-c2ncc(OC)c(Nc3ccncc3C(N)=O)n2)c2ccccc21. The van der Waals surface area contributed by atoms with Crippen molar-refractivity contribution in [1.29, 1.82) is 0 Å². The number of aromatic nitrogens is 5. The number of carbonyl (C=O) groups is 1. The van der Waals surface area contributed by atoms with E-state index in [0.717, 1.165) is 16.5 Å². The Bertz CT molecular complexity index is 1300. The van der Waals surface area contributed by atoms with Gasteiger partial charge in [0.1, 0.15) is 5.69 Å². The second kappa shape index (κ2) is 8.23. The van der Waals surface area contributed by atoms with E-state index in [9.17, 15) is 4.79 Å². The maximum absolute atomic E-state index is 11.8. The van der Waals surface area contributed by atoms with Crippen LogP contribution in [0.1, 0.15) is 17.3 Å². The minimum Gasteiger partial charge on any atom is -0.491 e. The summed E-state index contributed by atoms with van der Waals surface area (Å²) in [5.41, 5.74) is 8.73. The standard InChI is InChI=1S/C22H21N7O2/c1-13(2)12-29-17-7-5-4-6-14(17)19(28-29)22-25-11-18(31-3)21(27-22)26-16-8-9-24-10-15(16)20(23)30/h4-11H,1,12H2,2-3H3,(H2,23,30)(H,24,25,26,27). The van der Waals surface area contributed by atoms with Crippen LogP contribution in [0, 0.1) is 0 Å². The molecular formula is C22H21N7O2. The number of para-hydroxylation sites is 1. The van der Waals surface area contributed by atoms with E-state index in [2.05, 4.69) is 26.8 Å².